The van der Waals surface area contributed by atoms with E-state index in [-0.39, 0.29) is 12.5 Å². The predicted octanol–water partition coefficient (Wildman–Crippen LogP) is 4.96. The molecule has 2 amide bonds. The van der Waals surface area contributed by atoms with E-state index in [0.29, 0.717) is 24.3 Å². The first-order chi connectivity index (χ1) is 17.2. The minimum atomic E-state index is -1.13. The zero-order chi connectivity index (χ0) is 25.7. The molecular formula is C28H30FN3O4. The number of hydrogen-bond acceptors (Lipinski definition) is 5. The van der Waals surface area contributed by atoms with Crippen molar-refractivity contribution in [2.24, 2.45) is 0 Å². The number of nitrogens with zero attached hydrogens (tertiary/aromatic N) is 2. The van der Waals surface area contributed by atoms with E-state index in [0.717, 1.165) is 11.1 Å². The summed E-state index contributed by atoms with van der Waals surface area (Å²) in [5, 5.41) is 2.80. The highest BCUT2D eigenvalue weighted by Crippen LogP contribution is 2.30. The van der Waals surface area contributed by atoms with Crippen molar-refractivity contribution in [1.29, 1.82) is 0 Å². The van der Waals surface area contributed by atoms with Crippen LogP contribution in [0.1, 0.15) is 43.5 Å². The zero-order valence-electron chi connectivity index (χ0n) is 20.6. The molecule has 0 spiro atoms. The van der Waals surface area contributed by atoms with Crippen molar-refractivity contribution in [3.8, 4) is 0 Å². The second kappa shape index (κ2) is 10.9. The van der Waals surface area contributed by atoms with Gasteiger partial charge in [0.25, 0.3) is 5.91 Å². The van der Waals surface area contributed by atoms with E-state index in [1.54, 1.807) is 31.9 Å². The van der Waals surface area contributed by atoms with E-state index in [2.05, 4.69) is 10.3 Å². The third-order valence-corrected chi connectivity index (χ3v) is 5.71. The van der Waals surface area contributed by atoms with Gasteiger partial charge in [0.05, 0.1) is 12.6 Å². The fraction of sp³-hybridized carbons (Fsp3) is 0.321. The normalized spacial score (nSPS) is 14.6. The van der Waals surface area contributed by atoms with Crippen LogP contribution in [0.4, 0.5) is 15.0 Å². The molecule has 0 fully saturated rings. The number of anilines is 1. The average Bonchev–Trinajstić information content (AvgIpc) is 3.27. The van der Waals surface area contributed by atoms with E-state index >= 15 is 0 Å². The number of rotatable bonds is 7. The molecule has 1 N–H and O–H groups in total. The molecule has 1 aliphatic rings. The minimum absolute atomic E-state index is 0.133. The van der Waals surface area contributed by atoms with Crippen LogP contribution >= 0.6 is 0 Å². The Morgan fingerprint density at radius 1 is 1.06 bits per heavy atom. The van der Waals surface area contributed by atoms with E-state index in [9.17, 15) is 14.0 Å². The van der Waals surface area contributed by atoms with Gasteiger partial charge in [0.15, 0.2) is 6.10 Å². The maximum atomic E-state index is 14.0. The molecule has 0 aliphatic carbocycles. The first-order valence-electron chi connectivity index (χ1n) is 11.9. The van der Waals surface area contributed by atoms with Gasteiger partial charge in [0, 0.05) is 12.7 Å². The Bertz CT molecular complexity index is 1200. The lowest BCUT2D eigenvalue weighted by atomic mass is 10.00. The van der Waals surface area contributed by atoms with Crippen molar-refractivity contribution >= 4 is 17.8 Å². The molecule has 0 radical (unpaired) electrons. The lowest BCUT2D eigenvalue weighted by molar-refractivity contribution is -0.133. The molecule has 7 nitrogen and oxygen atoms in total. The van der Waals surface area contributed by atoms with E-state index in [1.165, 1.54) is 24.3 Å². The predicted molar refractivity (Wildman–Crippen MR) is 134 cm³/mol. The number of nitrogens with one attached hydrogen (secondary N) is 1. The van der Waals surface area contributed by atoms with Crippen molar-refractivity contribution < 1.29 is 23.5 Å². The van der Waals surface area contributed by atoms with Crippen molar-refractivity contribution in [3.05, 3.63) is 95.4 Å². The molecule has 2 aromatic carbocycles. The second-order valence-electron chi connectivity index (χ2n) is 9.62. The van der Waals surface area contributed by atoms with Crippen molar-refractivity contribution in [2.45, 2.75) is 51.5 Å². The molecule has 0 saturated heterocycles. The summed E-state index contributed by atoms with van der Waals surface area (Å²) in [5.41, 5.74) is 1.59. The summed E-state index contributed by atoms with van der Waals surface area (Å²) in [4.78, 5) is 32.8. The Balaban J connectivity index is 1.70. The van der Waals surface area contributed by atoms with Gasteiger partial charge < -0.3 is 14.8 Å². The zero-order valence-corrected chi connectivity index (χ0v) is 20.6. The van der Waals surface area contributed by atoms with Gasteiger partial charge >= 0.3 is 6.09 Å². The molecule has 1 aliphatic heterocycles. The number of ether oxygens (including phenoxy) is 2. The number of benzene rings is 2. The monoisotopic (exact) mass is 491 g/mol. The molecular weight excluding hydrogens is 461 g/mol. The first-order valence-corrected chi connectivity index (χ1v) is 11.9. The molecule has 8 heteroatoms. The van der Waals surface area contributed by atoms with Gasteiger partial charge in [-0.2, -0.15) is 0 Å². The Morgan fingerprint density at radius 2 is 1.78 bits per heavy atom. The van der Waals surface area contributed by atoms with Crippen LogP contribution < -0.4 is 10.2 Å². The summed E-state index contributed by atoms with van der Waals surface area (Å²) < 4.78 is 25.4. The lowest BCUT2D eigenvalue weighted by Gasteiger charge is -2.31. The van der Waals surface area contributed by atoms with E-state index in [4.69, 9.17) is 9.47 Å². The lowest BCUT2D eigenvalue weighted by Crippen LogP contribution is -2.49. The molecule has 188 valence electrons. The quantitative estimate of drug-likeness (QED) is 0.505. The highest BCUT2D eigenvalue weighted by molar-refractivity contribution is 5.98. The summed E-state index contributed by atoms with van der Waals surface area (Å²) in [6, 6.07) is 17.9. The number of hydrogen-bond donors (Lipinski definition) is 1. The maximum Gasteiger partial charge on any atom is 0.408 e. The largest absolute Gasteiger partial charge is 0.444 e. The average molecular weight is 492 g/mol. The van der Waals surface area contributed by atoms with Gasteiger partial charge in [-0.3, -0.25) is 9.69 Å². The third-order valence-electron chi connectivity index (χ3n) is 5.71. The smallest absolute Gasteiger partial charge is 0.408 e. The SMILES string of the molecule is CC(C)(C)OC(=O)N[C@@H](c1ccc(F)cc1)[C@@H](OCc1ccccc1)C(=O)N1CCc2cccnc21. The number of pyridine rings is 1. The number of alkyl carbamates (subject to hydrolysis) is 1. The molecule has 4 rings (SSSR count). The fourth-order valence-corrected chi connectivity index (χ4v) is 4.08. The maximum absolute atomic E-state index is 14.0. The van der Waals surface area contributed by atoms with Crippen molar-refractivity contribution in [3.63, 3.8) is 0 Å². The number of carbonyl (C=O) groups excluding carboxylic acids is 2. The van der Waals surface area contributed by atoms with Crippen molar-refractivity contribution in [2.75, 3.05) is 11.4 Å². The standard InChI is InChI=1S/C28H30FN3O4/c1-28(2,3)36-27(34)31-23(20-11-13-22(29)14-12-20)24(35-18-19-8-5-4-6-9-19)26(33)32-17-15-21-10-7-16-30-25(21)32/h4-14,16,23-24H,15,17-18H2,1-3H3,(H,31,34)/t23-,24+/m0/s1. The minimum Gasteiger partial charge on any atom is -0.444 e. The fourth-order valence-electron chi connectivity index (χ4n) is 4.08. The van der Waals surface area contributed by atoms with E-state index < -0.39 is 29.7 Å². The third kappa shape index (κ3) is 6.26. The molecule has 36 heavy (non-hydrogen) atoms. The summed E-state index contributed by atoms with van der Waals surface area (Å²) in [6.07, 6.45) is 0.468. The highest BCUT2D eigenvalue weighted by atomic mass is 19.1. The number of carbonyl (C=O) groups is 2. The van der Waals surface area contributed by atoms with Gasteiger partial charge in [-0.05, 0) is 62.1 Å². The number of halogens is 1. The van der Waals surface area contributed by atoms with Gasteiger partial charge in [0.2, 0.25) is 0 Å². The van der Waals surface area contributed by atoms with Crippen LogP contribution in [0.3, 0.4) is 0 Å². The highest BCUT2D eigenvalue weighted by Gasteiger charge is 2.39. The van der Waals surface area contributed by atoms with Gasteiger partial charge in [-0.15, -0.1) is 0 Å². The van der Waals surface area contributed by atoms with Gasteiger partial charge in [-0.25, -0.2) is 14.2 Å². The molecule has 0 unspecified atom stereocenters. The van der Waals surface area contributed by atoms with Crippen LogP contribution in [0.5, 0.6) is 0 Å². The number of aromatic nitrogens is 1. The molecule has 2 heterocycles. The summed E-state index contributed by atoms with van der Waals surface area (Å²) >= 11 is 0. The Morgan fingerprint density at radius 3 is 2.47 bits per heavy atom. The van der Waals surface area contributed by atoms with Gasteiger partial charge in [0.1, 0.15) is 17.2 Å². The van der Waals surface area contributed by atoms with Crippen LogP contribution in [0, 0.1) is 5.82 Å². The number of amides is 2. The molecule has 2 atom stereocenters. The molecule has 0 saturated carbocycles. The van der Waals surface area contributed by atoms with Crippen LogP contribution in [-0.2, 0) is 27.3 Å². The Kier molecular flexibility index (Phi) is 7.64. The Hall–Kier alpha value is -3.78. The van der Waals surface area contributed by atoms with Crippen LogP contribution in [0.25, 0.3) is 0 Å². The summed E-state index contributed by atoms with van der Waals surface area (Å²) in [7, 11) is 0. The van der Waals surface area contributed by atoms with Crippen LogP contribution in [0.15, 0.2) is 72.9 Å². The molecule has 3 aromatic rings. The second-order valence-corrected chi connectivity index (χ2v) is 9.62. The van der Waals surface area contributed by atoms with Crippen LogP contribution in [0.2, 0.25) is 0 Å². The topological polar surface area (TPSA) is 80.8 Å². The van der Waals surface area contributed by atoms with E-state index in [1.807, 2.05) is 42.5 Å². The first kappa shape index (κ1) is 25.3. The summed E-state index contributed by atoms with van der Waals surface area (Å²) in [5.74, 6) is -0.208. The molecule has 1 aromatic heterocycles. The van der Waals surface area contributed by atoms with Gasteiger partial charge in [-0.1, -0.05) is 48.5 Å². The Labute approximate surface area is 210 Å². The number of fused-ring (bicyclic) bond motifs is 1. The summed E-state index contributed by atoms with van der Waals surface area (Å²) in [6.45, 7) is 5.83. The molecule has 0 bridgehead atoms. The van der Waals surface area contributed by atoms with Crippen molar-refractivity contribution in [1.82, 2.24) is 10.3 Å². The van der Waals surface area contributed by atoms with Crippen LogP contribution in [-0.4, -0.2) is 35.2 Å².